The first kappa shape index (κ1) is 19.1. The van der Waals surface area contributed by atoms with Crippen molar-refractivity contribution >= 4 is 12.2 Å². The second-order valence-corrected chi connectivity index (χ2v) is 7.22. The van der Waals surface area contributed by atoms with Crippen molar-refractivity contribution < 1.29 is 19.1 Å². The molecule has 1 aromatic carbocycles. The van der Waals surface area contributed by atoms with E-state index < -0.39 is 5.60 Å². The van der Waals surface area contributed by atoms with Crippen LogP contribution in [0.2, 0.25) is 0 Å². The molecule has 2 amide bonds. The quantitative estimate of drug-likeness (QED) is 0.836. The normalized spacial score (nSPS) is 18.0. The minimum absolute atomic E-state index is 0.0622. The van der Waals surface area contributed by atoms with Crippen LogP contribution in [0.15, 0.2) is 30.3 Å². The molecule has 1 atom stereocenters. The van der Waals surface area contributed by atoms with Crippen molar-refractivity contribution in [2.75, 3.05) is 19.6 Å². The van der Waals surface area contributed by atoms with Crippen LogP contribution in [0.1, 0.15) is 39.7 Å². The molecule has 1 saturated heterocycles. The third-order valence-electron chi connectivity index (χ3n) is 4.05. The summed E-state index contributed by atoms with van der Waals surface area (Å²) in [6.45, 7) is 9.17. The maximum absolute atomic E-state index is 12.3. The summed E-state index contributed by atoms with van der Waals surface area (Å²) in [6.07, 6.45) is 0.0876. The number of hydrogen-bond donors (Lipinski definition) is 0. The molecule has 25 heavy (non-hydrogen) atoms. The van der Waals surface area contributed by atoms with Crippen molar-refractivity contribution in [2.45, 2.75) is 52.4 Å². The lowest BCUT2D eigenvalue weighted by atomic mass is 10.1. The monoisotopic (exact) mass is 348 g/mol. The second-order valence-electron chi connectivity index (χ2n) is 7.22. The fourth-order valence-electron chi connectivity index (χ4n) is 2.74. The van der Waals surface area contributed by atoms with E-state index in [0.717, 1.165) is 12.0 Å². The van der Waals surface area contributed by atoms with Gasteiger partial charge in [-0.3, -0.25) is 0 Å². The fourth-order valence-corrected chi connectivity index (χ4v) is 2.74. The van der Waals surface area contributed by atoms with Gasteiger partial charge in [-0.1, -0.05) is 37.3 Å². The third-order valence-corrected chi connectivity index (χ3v) is 4.05. The highest BCUT2D eigenvalue weighted by Crippen LogP contribution is 2.18. The smallest absolute Gasteiger partial charge is 0.410 e. The average Bonchev–Trinajstić information content (AvgIpc) is 2.58. The summed E-state index contributed by atoms with van der Waals surface area (Å²) >= 11 is 0. The van der Waals surface area contributed by atoms with Crippen LogP contribution in [0.4, 0.5) is 9.59 Å². The lowest BCUT2D eigenvalue weighted by Gasteiger charge is -2.40. The maximum atomic E-state index is 12.3. The summed E-state index contributed by atoms with van der Waals surface area (Å²) < 4.78 is 10.9. The van der Waals surface area contributed by atoms with E-state index in [9.17, 15) is 9.59 Å². The van der Waals surface area contributed by atoms with Crippen LogP contribution in [-0.4, -0.2) is 53.3 Å². The van der Waals surface area contributed by atoms with E-state index in [4.69, 9.17) is 9.47 Å². The molecule has 0 aromatic heterocycles. The predicted molar refractivity (Wildman–Crippen MR) is 95.2 cm³/mol. The van der Waals surface area contributed by atoms with Gasteiger partial charge in [-0.2, -0.15) is 0 Å². The van der Waals surface area contributed by atoms with Gasteiger partial charge in [0.05, 0.1) is 6.04 Å². The van der Waals surface area contributed by atoms with Crippen LogP contribution in [0.5, 0.6) is 0 Å². The number of carbonyl (C=O) groups is 2. The van der Waals surface area contributed by atoms with E-state index in [-0.39, 0.29) is 24.8 Å². The summed E-state index contributed by atoms with van der Waals surface area (Å²) in [6, 6.07) is 9.53. The molecular formula is C19H28N2O4. The van der Waals surface area contributed by atoms with Gasteiger partial charge in [0.2, 0.25) is 0 Å². The minimum Gasteiger partial charge on any atom is -0.445 e. The number of amides is 2. The summed E-state index contributed by atoms with van der Waals surface area (Å²) in [5.74, 6) is 0. The molecule has 0 aliphatic carbocycles. The van der Waals surface area contributed by atoms with Gasteiger partial charge in [0.1, 0.15) is 12.2 Å². The third kappa shape index (κ3) is 5.66. The first-order valence-electron chi connectivity index (χ1n) is 8.75. The van der Waals surface area contributed by atoms with E-state index in [1.807, 2.05) is 58.0 Å². The maximum Gasteiger partial charge on any atom is 0.410 e. The summed E-state index contributed by atoms with van der Waals surface area (Å²) in [4.78, 5) is 28.0. The van der Waals surface area contributed by atoms with Gasteiger partial charge in [0.25, 0.3) is 0 Å². The number of piperazine rings is 1. The molecule has 0 radical (unpaired) electrons. The first-order valence-corrected chi connectivity index (χ1v) is 8.75. The number of nitrogens with zero attached hydrogens (tertiary/aromatic N) is 2. The molecule has 0 unspecified atom stereocenters. The Balaban J connectivity index is 1.89. The molecule has 1 aliphatic heterocycles. The van der Waals surface area contributed by atoms with Crippen LogP contribution in [0, 0.1) is 0 Å². The summed E-state index contributed by atoms with van der Waals surface area (Å²) in [7, 11) is 0. The molecule has 0 saturated carbocycles. The molecule has 1 heterocycles. The summed E-state index contributed by atoms with van der Waals surface area (Å²) in [5.41, 5.74) is 0.427. The van der Waals surface area contributed by atoms with E-state index in [1.54, 1.807) is 9.80 Å². The van der Waals surface area contributed by atoms with E-state index >= 15 is 0 Å². The molecule has 6 nitrogen and oxygen atoms in total. The first-order chi connectivity index (χ1) is 11.8. The molecule has 6 heteroatoms. The largest absolute Gasteiger partial charge is 0.445 e. The second kappa shape index (κ2) is 8.23. The van der Waals surface area contributed by atoms with Gasteiger partial charge in [0.15, 0.2) is 0 Å². The van der Waals surface area contributed by atoms with Crippen LogP contribution in [0.3, 0.4) is 0 Å². The van der Waals surface area contributed by atoms with Crippen molar-refractivity contribution in [3.8, 4) is 0 Å². The highest BCUT2D eigenvalue weighted by Gasteiger charge is 2.34. The zero-order valence-corrected chi connectivity index (χ0v) is 15.5. The minimum atomic E-state index is -0.527. The Labute approximate surface area is 149 Å². The Kier molecular flexibility index (Phi) is 6.28. The molecule has 0 bridgehead atoms. The highest BCUT2D eigenvalue weighted by molar-refractivity contribution is 5.71. The van der Waals surface area contributed by atoms with Crippen molar-refractivity contribution in [3.63, 3.8) is 0 Å². The number of ether oxygens (including phenoxy) is 2. The Morgan fingerprint density at radius 2 is 1.80 bits per heavy atom. The van der Waals surface area contributed by atoms with E-state index in [2.05, 4.69) is 0 Å². The standard InChI is InChI=1S/C19H28N2O4/c1-5-16-13-20(11-12-21(16)18(23)25-19(2,3)4)17(22)24-14-15-9-7-6-8-10-15/h6-10,16H,5,11-14H2,1-4H3/t16-/m1/s1. The Bertz CT molecular complexity index is 583. The van der Waals surface area contributed by atoms with E-state index in [0.29, 0.717) is 19.6 Å². The van der Waals surface area contributed by atoms with Crippen molar-refractivity contribution in [1.29, 1.82) is 0 Å². The topological polar surface area (TPSA) is 59.1 Å². The van der Waals surface area contributed by atoms with Crippen LogP contribution < -0.4 is 0 Å². The Hall–Kier alpha value is -2.24. The van der Waals surface area contributed by atoms with Gasteiger partial charge in [0, 0.05) is 19.6 Å². The lowest BCUT2D eigenvalue weighted by molar-refractivity contribution is -0.00367. The number of carbonyl (C=O) groups excluding carboxylic acids is 2. The Morgan fingerprint density at radius 1 is 1.12 bits per heavy atom. The van der Waals surface area contributed by atoms with Crippen LogP contribution in [0.25, 0.3) is 0 Å². The van der Waals surface area contributed by atoms with Crippen molar-refractivity contribution in [1.82, 2.24) is 9.80 Å². The molecule has 1 aliphatic rings. The van der Waals surface area contributed by atoms with Gasteiger partial charge in [-0.05, 0) is 32.8 Å². The molecule has 0 N–H and O–H groups in total. The predicted octanol–water partition coefficient (Wildman–Crippen LogP) is 3.65. The van der Waals surface area contributed by atoms with Crippen LogP contribution in [-0.2, 0) is 16.1 Å². The van der Waals surface area contributed by atoms with Crippen LogP contribution >= 0.6 is 0 Å². The lowest BCUT2D eigenvalue weighted by Crippen LogP contribution is -2.57. The number of rotatable bonds is 3. The van der Waals surface area contributed by atoms with Gasteiger partial charge >= 0.3 is 12.2 Å². The highest BCUT2D eigenvalue weighted by atomic mass is 16.6. The number of benzene rings is 1. The van der Waals surface area contributed by atoms with Crippen molar-refractivity contribution in [3.05, 3.63) is 35.9 Å². The molecule has 0 spiro atoms. The molecule has 1 fully saturated rings. The summed E-state index contributed by atoms with van der Waals surface area (Å²) in [5, 5.41) is 0. The molecule has 138 valence electrons. The van der Waals surface area contributed by atoms with Crippen molar-refractivity contribution in [2.24, 2.45) is 0 Å². The van der Waals surface area contributed by atoms with Gasteiger partial charge in [-0.25, -0.2) is 9.59 Å². The fraction of sp³-hybridized carbons (Fsp3) is 0.579. The molecule has 2 rings (SSSR count). The molecule has 1 aromatic rings. The van der Waals surface area contributed by atoms with E-state index in [1.165, 1.54) is 0 Å². The SMILES string of the molecule is CC[C@@H]1CN(C(=O)OCc2ccccc2)CCN1C(=O)OC(C)(C)C. The Morgan fingerprint density at radius 3 is 2.40 bits per heavy atom. The zero-order valence-electron chi connectivity index (χ0n) is 15.5. The number of hydrogen-bond acceptors (Lipinski definition) is 4. The zero-order chi connectivity index (χ0) is 18.4. The average molecular weight is 348 g/mol. The van der Waals surface area contributed by atoms with Gasteiger partial charge < -0.3 is 19.3 Å². The molecular weight excluding hydrogens is 320 g/mol. The van der Waals surface area contributed by atoms with Gasteiger partial charge in [-0.15, -0.1) is 0 Å².